The van der Waals surface area contributed by atoms with E-state index < -0.39 is 53.7 Å². The quantitative estimate of drug-likeness (QED) is 0.0426. The largest absolute Gasteiger partial charge is 0.368 e. The van der Waals surface area contributed by atoms with Crippen LogP contribution < -0.4 is 32.3 Å². The van der Waals surface area contributed by atoms with Crippen molar-refractivity contribution in [3.63, 3.8) is 0 Å². The zero-order valence-electron chi connectivity index (χ0n) is 38.3. The molecule has 1 aliphatic rings. The molecule has 0 radical (unpaired) electrons. The highest BCUT2D eigenvalue weighted by molar-refractivity contribution is 7.11. The molecule has 14 nitrogen and oxygen atoms in total. The van der Waals surface area contributed by atoms with Crippen LogP contribution >= 0.6 is 11.3 Å². The summed E-state index contributed by atoms with van der Waals surface area (Å²) in [5.74, 6) is -3.13. The van der Waals surface area contributed by atoms with Crippen molar-refractivity contribution >= 4 is 62.7 Å². The number of hydrogen-bond acceptors (Lipinski definition) is 8. The van der Waals surface area contributed by atoms with Gasteiger partial charge in [-0.2, -0.15) is 0 Å². The number of hydrogen-bond donors (Lipinski definition) is 8. The normalized spacial score (nSPS) is 15.9. The number of nitrogens with two attached hydrogens (primary N) is 1. The summed E-state index contributed by atoms with van der Waals surface area (Å²) in [6, 6.07) is 30.7. The first-order valence-corrected chi connectivity index (χ1v) is 24.2. The lowest BCUT2D eigenvalue weighted by atomic mass is 9.96. The molecule has 9 N–H and O–H groups in total. The van der Waals surface area contributed by atoms with E-state index in [1.165, 1.54) is 11.3 Å². The van der Waals surface area contributed by atoms with Crippen molar-refractivity contribution in [2.75, 3.05) is 6.54 Å². The van der Waals surface area contributed by atoms with Crippen LogP contribution in [0, 0.1) is 5.92 Å². The van der Waals surface area contributed by atoms with E-state index in [2.05, 4.69) is 42.6 Å². The fourth-order valence-electron chi connectivity index (χ4n) is 9.02. The number of para-hydroxylation sites is 2. The zero-order valence-corrected chi connectivity index (χ0v) is 39.1. The number of thiazole rings is 1. The number of nitrogens with zero attached hydrogens (tertiary/aromatic N) is 1. The maximum atomic E-state index is 15.0. The molecule has 5 amide bonds. The van der Waals surface area contributed by atoms with Gasteiger partial charge < -0.3 is 42.3 Å². The summed E-state index contributed by atoms with van der Waals surface area (Å²) in [7, 11) is 0. The van der Waals surface area contributed by atoms with Crippen molar-refractivity contribution in [1.82, 2.24) is 41.5 Å². The standard InChI is InChI=1S/C53H59N9O5S/c1-32(2)24-44(51(66)59-43(48(54)63)26-34-16-7-4-8-17-34)61-52(67)45(27-35-29-56-40-20-11-9-18-37(35)40)60-49(64)39(25-33-14-5-3-6-15-33)47-31-58-53(68-47)46(62-50(65)42-22-13-23-55-42)28-36-30-57-41-21-12-10-19-38(36)41/h3-12,14-21,29-32,39,42-46,55-57H,13,22-28H2,1-2H3,(H2,54,63)(H,59,66)(H,60,64)(H,61,67)(H,62,65)/t39-,42+,43+,44+,45-,46+/m1/s1. The first-order chi connectivity index (χ1) is 33.0. The van der Waals surface area contributed by atoms with E-state index in [1.807, 2.05) is 129 Å². The SMILES string of the molecule is CC(C)C[C@H](NC(=O)[C@@H](Cc1c[nH]c2ccccc12)NC(=O)[C@H](Cc1ccccc1)c1cnc([C@H](Cc2c[nH]c3ccccc23)NC(=O)[C@@H]2CCCN2)s1)C(=O)N[C@@H](Cc1ccccc1)C(N)=O. The summed E-state index contributed by atoms with van der Waals surface area (Å²) in [5, 5.41) is 18.1. The topological polar surface area (TPSA) is 216 Å². The van der Waals surface area contributed by atoms with E-state index in [4.69, 9.17) is 10.7 Å². The van der Waals surface area contributed by atoms with Gasteiger partial charge in [-0.25, -0.2) is 4.98 Å². The van der Waals surface area contributed by atoms with Gasteiger partial charge in [0, 0.05) is 64.5 Å². The van der Waals surface area contributed by atoms with Crippen LogP contribution in [0.15, 0.2) is 128 Å². The molecule has 0 aliphatic carbocycles. The maximum absolute atomic E-state index is 15.0. The molecule has 352 valence electrons. The third-order valence-corrected chi connectivity index (χ3v) is 13.8. The van der Waals surface area contributed by atoms with Gasteiger partial charge in [-0.05, 0) is 72.5 Å². The fourth-order valence-corrected chi connectivity index (χ4v) is 10.1. The Labute approximate surface area is 399 Å². The van der Waals surface area contributed by atoms with Crippen LogP contribution in [0.1, 0.15) is 77.2 Å². The van der Waals surface area contributed by atoms with Gasteiger partial charge in [0.2, 0.25) is 29.5 Å². The van der Waals surface area contributed by atoms with E-state index in [1.54, 1.807) is 6.20 Å². The molecule has 7 aromatic rings. The highest BCUT2D eigenvalue weighted by atomic mass is 32.1. The molecule has 8 rings (SSSR count). The number of primary amides is 1. The molecule has 3 aromatic heterocycles. The molecule has 4 aromatic carbocycles. The van der Waals surface area contributed by atoms with Crippen molar-refractivity contribution in [2.45, 2.75) is 94.9 Å². The number of rotatable bonds is 21. The van der Waals surface area contributed by atoms with E-state index in [-0.39, 0.29) is 37.1 Å². The van der Waals surface area contributed by atoms with Gasteiger partial charge in [-0.1, -0.05) is 111 Å². The fraction of sp³-hybridized carbons (Fsp3) is 0.321. The molecule has 68 heavy (non-hydrogen) atoms. The van der Waals surface area contributed by atoms with Crippen molar-refractivity contribution in [2.24, 2.45) is 11.7 Å². The summed E-state index contributed by atoms with van der Waals surface area (Å²) in [6.45, 7) is 4.65. The summed E-state index contributed by atoms with van der Waals surface area (Å²) in [6.07, 6.45) is 8.47. The van der Waals surface area contributed by atoms with Gasteiger partial charge in [-0.3, -0.25) is 24.0 Å². The number of fused-ring (bicyclic) bond motifs is 2. The number of aromatic nitrogens is 3. The summed E-state index contributed by atoms with van der Waals surface area (Å²) in [5.41, 5.74) is 11.2. The number of aromatic amines is 2. The highest BCUT2D eigenvalue weighted by Crippen LogP contribution is 2.33. The molecule has 0 bridgehead atoms. The lowest BCUT2D eigenvalue weighted by Gasteiger charge is -2.27. The Morgan fingerprint density at radius 3 is 1.82 bits per heavy atom. The molecule has 15 heteroatoms. The van der Waals surface area contributed by atoms with Crippen molar-refractivity contribution < 1.29 is 24.0 Å². The van der Waals surface area contributed by atoms with Crippen molar-refractivity contribution in [3.8, 4) is 0 Å². The van der Waals surface area contributed by atoms with Crippen molar-refractivity contribution in [1.29, 1.82) is 0 Å². The predicted octanol–water partition coefficient (Wildman–Crippen LogP) is 6.06. The minimum Gasteiger partial charge on any atom is -0.368 e. The van der Waals surface area contributed by atoms with Crippen LogP contribution in [-0.4, -0.2) is 75.2 Å². The Hall–Kier alpha value is -7.10. The van der Waals surface area contributed by atoms with Gasteiger partial charge in [0.25, 0.3) is 0 Å². The zero-order chi connectivity index (χ0) is 47.6. The third-order valence-electron chi connectivity index (χ3n) is 12.6. The Morgan fingerprint density at radius 1 is 0.662 bits per heavy atom. The Kier molecular flexibility index (Phi) is 15.4. The maximum Gasteiger partial charge on any atom is 0.243 e. The highest BCUT2D eigenvalue weighted by Gasteiger charge is 2.34. The van der Waals surface area contributed by atoms with Gasteiger partial charge >= 0.3 is 0 Å². The monoisotopic (exact) mass is 933 g/mol. The number of amides is 5. The van der Waals surface area contributed by atoms with E-state index in [0.29, 0.717) is 22.7 Å². The molecular formula is C53H59N9O5S. The molecule has 0 saturated carbocycles. The number of carbonyl (C=O) groups excluding carboxylic acids is 5. The van der Waals surface area contributed by atoms with Crippen molar-refractivity contribution in [3.05, 3.63) is 160 Å². The number of carbonyl (C=O) groups is 5. The molecule has 0 unspecified atom stereocenters. The molecular weight excluding hydrogens is 875 g/mol. The number of H-pyrrole nitrogens is 2. The molecule has 1 fully saturated rings. The molecule has 0 spiro atoms. The lowest BCUT2D eigenvalue weighted by Crippen LogP contribution is -2.57. The lowest BCUT2D eigenvalue weighted by molar-refractivity contribution is -0.133. The van der Waals surface area contributed by atoms with E-state index in [9.17, 15) is 19.2 Å². The second-order valence-electron chi connectivity index (χ2n) is 18.1. The summed E-state index contributed by atoms with van der Waals surface area (Å²) >= 11 is 1.37. The van der Waals surface area contributed by atoms with Crippen LogP contribution in [0.25, 0.3) is 21.8 Å². The Morgan fingerprint density at radius 2 is 1.22 bits per heavy atom. The van der Waals surface area contributed by atoms with Gasteiger partial charge in [0.05, 0.1) is 18.0 Å². The van der Waals surface area contributed by atoms with E-state index in [0.717, 1.165) is 63.4 Å². The van der Waals surface area contributed by atoms with Crippen LogP contribution in [0.2, 0.25) is 0 Å². The van der Waals surface area contributed by atoms with Crippen LogP contribution in [-0.2, 0) is 49.7 Å². The summed E-state index contributed by atoms with van der Waals surface area (Å²) in [4.78, 5) is 82.4. The van der Waals surface area contributed by atoms with Crippen LogP contribution in [0.4, 0.5) is 0 Å². The summed E-state index contributed by atoms with van der Waals surface area (Å²) < 4.78 is 0. The first kappa shape index (κ1) is 47.4. The number of nitrogens with one attached hydrogen (secondary N) is 7. The van der Waals surface area contributed by atoms with Crippen LogP contribution in [0.5, 0.6) is 0 Å². The molecule has 1 aliphatic heterocycles. The molecule has 4 heterocycles. The Balaban J connectivity index is 1.09. The minimum atomic E-state index is -1.13. The average Bonchev–Trinajstić information content (AvgIpc) is 4.19. The Bertz CT molecular complexity index is 2830. The molecule has 1 saturated heterocycles. The average molecular weight is 934 g/mol. The van der Waals surface area contributed by atoms with Crippen LogP contribution in [0.3, 0.4) is 0 Å². The van der Waals surface area contributed by atoms with E-state index >= 15 is 4.79 Å². The second-order valence-corrected chi connectivity index (χ2v) is 19.2. The molecule has 6 atom stereocenters. The first-order valence-electron chi connectivity index (χ1n) is 23.4. The van der Waals surface area contributed by atoms with Gasteiger partial charge in [0.15, 0.2) is 0 Å². The smallest absolute Gasteiger partial charge is 0.243 e. The minimum absolute atomic E-state index is 0.0244. The third kappa shape index (κ3) is 11.9. The predicted molar refractivity (Wildman–Crippen MR) is 266 cm³/mol. The number of benzene rings is 4. The van der Waals surface area contributed by atoms with Gasteiger partial charge in [-0.15, -0.1) is 11.3 Å². The second kappa shape index (κ2) is 22.1. The van der Waals surface area contributed by atoms with Gasteiger partial charge in [0.1, 0.15) is 23.1 Å².